The van der Waals surface area contributed by atoms with Crippen LogP contribution in [0.15, 0.2) is 22.7 Å². The molecule has 0 aliphatic carbocycles. The van der Waals surface area contributed by atoms with Gasteiger partial charge in [0.25, 0.3) is 0 Å². The van der Waals surface area contributed by atoms with E-state index in [1.165, 1.54) is 12.1 Å². The van der Waals surface area contributed by atoms with Crippen molar-refractivity contribution in [3.63, 3.8) is 0 Å². The molecule has 0 radical (unpaired) electrons. The molecular formula is C11H15BrFNO2. The Bertz CT molecular complexity index is 329. The van der Waals surface area contributed by atoms with E-state index in [0.29, 0.717) is 23.0 Å². The molecule has 1 rings (SSSR count). The average molecular weight is 292 g/mol. The molecular weight excluding hydrogens is 277 g/mol. The summed E-state index contributed by atoms with van der Waals surface area (Å²) in [6.07, 6.45) is -1.56. The predicted octanol–water partition coefficient (Wildman–Crippen LogP) is 1.59. The lowest BCUT2D eigenvalue weighted by Crippen LogP contribution is -2.23. The lowest BCUT2D eigenvalue weighted by atomic mass is 10.0. The molecule has 1 aromatic carbocycles. The molecule has 0 amide bonds. The SMILES string of the molecule is CNCCC(O)C(O)c1cc(F)cc(Br)c1. The number of rotatable bonds is 5. The van der Waals surface area contributed by atoms with Gasteiger partial charge in [0, 0.05) is 4.47 Å². The molecule has 16 heavy (non-hydrogen) atoms. The molecule has 5 heteroatoms. The van der Waals surface area contributed by atoms with Crippen molar-refractivity contribution in [3.05, 3.63) is 34.1 Å². The van der Waals surface area contributed by atoms with Crippen LogP contribution in [-0.4, -0.2) is 29.9 Å². The summed E-state index contributed by atoms with van der Waals surface area (Å²) in [6.45, 7) is 0.592. The predicted molar refractivity (Wildman–Crippen MR) is 63.6 cm³/mol. The third kappa shape index (κ3) is 3.83. The largest absolute Gasteiger partial charge is 0.390 e. The highest BCUT2D eigenvalue weighted by atomic mass is 79.9. The maximum atomic E-state index is 13.1. The summed E-state index contributed by atoms with van der Waals surface area (Å²) in [5, 5.41) is 22.3. The van der Waals surface area contributed by atoms with Crippen LogP contribution in [0.3, 0.4) is 0 Å². The fraction of sp³-hybridized carbons (Fsp3) is 0.455. The van der Waals surface area contributed by atoms with Gasteiger partial charge in [0.2, 0.25) is 0 Å². The van der Waals surface area contributed by atoms with E-state index < -0.39 is 18.0 Å². The van der Waals surface area contributed by atoms with Crippen molar-refractivity contribution < 1.29 is 14.6 Å². The van der Waals surface area contributed by atoms with Crippen LogP contribution in [0.4, 0.5) is 4.39 Å². The van der Waals surface area contributed by atoms with Crippen LogP contribution in [-0.2, 0) is 0 Å². The third-order valence-corrected chi connectivity index (χ3v) is 2.74. The maximum Gasteiger partial charge on any atom is 0.124 e. The highest BCUT2D eigenvalue weighted by molar-refractivity contribution is 9.10. The molecule has 1 aromatic rings. The van der Waals surface area contributed by atoms with Gasteiger partial charge >= 0.3 is 0 Å². The molecule has 0 fully saturated rings. The summed E-state index contributed by atoms with van der Waals surface area (Å²) in [7, 11) is 1.76. The second-order valence-corrected chi connectivity index (χ2v) is 4.52. The molecule has 0 aromatic heterocycles. The Morgan fingerprint density at radius 1 is 1.38 bits per heavy atom. The van der Waals surface area contributed by atoms with Gasteiger partial charge in [-0.1, -0.05) is 15.9 Å². The Balaban J connectivity index is 2.74. The van der Waals surface area contributed by atoms with E-state index in [2.05, 4.69) is 21.2 Å². The Morgan fingerprint density at radius 2 is 2.06 bits per heavy atom. The number of aliphatic hydroxyl groups is 2. The van der Waals surface area contributed by atoms with Crippen LogP contribution in [0.2, 0.25) is 0 Å². The monoisotopic (exact) mass is 291 g/mol. The van der Waals surface area contributed by atoms with Gasteiger partial charge in [-0.3, -0.25) is 0 Å². The van der Waals surface area contributed by atoms with Crippen molar-refractivity contribution in [1.82, 2.24) is 5.32 Å². The van der Waals surface area contributed by atoms with Crippen LogP contribution in [0.25, 0.3) is 0 Å². The highest BCUT2D eigenvalue weighted by Crippen LogP contribution is 2.23. The summed E-state index contributed by atoms with van der Waals surface area (Å²) in [5.74, 6) is -0.441. The van der Waals surface area contributed by atoms with Gasteiger partial charge in [-0.15, -0.1) is 0 Å². The smallest absolute Gasteiger partial charge is 0.124 e. The molecule has 0 spiro atoms. The van der Waals surface area contributed by atoms with Crippen molar-refractivity contribution >= 4 is 15.9 Å². The van der Waals surface area contributed by atoms with Crippen LogP contribution in [0.1, 0.15) is 18.1 Å². The van der Waals surface area contributed by atoms with Gasteiger partial charge < -0.3 is 15.5 Å². The first kappa shape index (κ1) is 13.6. The summed E-state index contributed by atoms with van der Waals surface area (Å²) in [5.41, 5.74) is 0.371. The first-order valence-corrected chi connectivity index (χ1v) is 5.80. The standard InChI is InChI=1S/C11H15BrFNO2/c1-14-3-2-10(15)11(16)7-4-8(12)6-9(13)5-7/h4-6,10-11,14-16H,2-3H2,1H3. The third-order valence-electron chi connectivity index (χ3n) is 2.28. The van der Waals surface area contributed by atoms with Gasteiger partial charge in [0.1, 0.15) is 11.9 Å². The molecule has 0 aliphatic heterocycles. The van der Waals surface area contributed by atoms with Crippen molar-refractivity contribution in [3.8, 4) is 0 Å². The quantitative estimate of drug-likeness (QED) is 0.772. The second kappa shape index (κ2) is 6.30. The van der Waals surface area contributed by atoms with Crippen LogP contribution >= 0.6 is 15.9 Å². The number of hydrogen-bond acceptors (Lipinski definition) is 3. The molecule has 0 heterocycles. The van der Waals surface area contributed by atoms with E-state index in [0.717, 1.165) is 0 Å². The number of hydrogen-bond donors (Lipinski definition) is 3. The summed E-state index contributed by atoms with van der Waals surface area (Å²) in [4.78, 5) is 0. The van der Waals surface area contributed by atoms with Gasteiger partial charge in [0.15, 0.2) is 0 Å². The average Bonchev–Trinajstić information content (AvgIpc) is 2.23. The van der Waals surface area contributed by atoms with Crippen LogP contribution in [0, 0.1) is 5.82 Å². The second-order valence-electron chi connectivity index (χ2n) is 3.61. The Kier molecular flexibility index (Phi) is 5.34. The van der Waals surface area contributed by atoms with Gasteiger partial charge in [-0.05, 0) is 43.8 Å². The van der Waals surface area contributed by atoms with E-state index in [1.54, 1.807) is 13.1 Å². The van der Waals surface area contributed by atoms with Crippen molar-refractivity contribution in [2.24, 2.45) is 0 Å². The fourth-order valence-corrected chi connectivity index (χ4v) is 1.90. The first-order valence-electron chi connectivity index (χ1n) is 5.01. The lowest BCUT2D eigenvalue weighted by molar-refractivity contribution is 0.0138. The fourth-order valence-electron chi connectivity index (χ4n) is 1.42. The van der Waals surface area contributed by atoms with Crippen LogP contribution < -0.4 is 5.32 Å². The molecule has 2 atom stereocenters. The molecule has 3 N–H and O–H groups in total. The number of benzene rings is 1. The van der Waals surface area contributed by atoms with E-state index in [9.17, 15) is 14.6 Å². The Labute approximate surface area is 102 Å². The lowest BCUT2D eigenvalue weighted by Gasteiger charge is -2.18. The van der Waals surface area contributed by atoms with Crippen molar-refractivity contribution in [1.29, 1.82) is 0 Å². The van der Waals surface area contributed by atoms with Crippen molar-refractivity contribution in [2.75, 3.05) is 13.6 Å². The minimum atomic E-state index is -1.07. The van der Waals surface area contributed by atoms with Crippen molar-refractivity contribution in [2.45, 2.75) is 18.6 Å². The number of nitrogens with one attached hydrogen (secondary N) is 1. The minimum Gasteiger partial charge on any atom is -0.390 e. The Hall–Kier alpha value is -0.490. The van der Waals surface area contributed by atoms with Gasteiger partial charge in [-0.2, -0.15) is 0 Å². The van der Waals surface area contributed by atoms with E-state index in [-0.39, 0.29) is 0 Å². The first-order chi connectivity index (χ1) is 7.54. The van der Waals surface area contributed by atoms with Gasteiger partial charge in [0.05, 0.1) is 6.10 Å². The minimum absolute atomic E-state index is 0.371. The topological polar surface area (TPSA) is 52.5 Å². The summed E-state index contributed by atoms with van der Waals surface area (Å²) < 4.78 is 13.6. The summed E-state index contributed by atoms with van der Waals surface area (Å²) >= 11 is 3.14. The molecule has 0 aliphatic rings. The molecule has 2 unspecified atom stereocenters. The Morgan fingerprint density at radius 3 is 2.62 bits per heavy atom. The molecule has 0 saturated heterocycles. The number of halogens is 2. The molecule has 0 bridgehead atoms. The summed E-state index contributed by atoms with van der Waals surface area (Å²) in [6, 6.07) is 4.12. The van der Waals surface area contributed by atoms with Crippen LogP contribution in [0.5, 0.6) is 0 Å². The van der Waals surface area contributed by atoms with Gasteiger partial charge in [-0.25, -0.2) is 4.39 Å². The normalized spacial score (nSPS) is 14.8. The highest BCUT2D eigenvalue weighted by Gasteiger charge is 2.18. The van der Waals surface area contributed by atoms with E-state index in [4.69, 9.17) is 0 Å². The zero-order valence-corrected chi connectivity index (χ0v) is 10.5. The zero-order valence-electron chi connectivity index (χ0n) is 8.95. The zero-order chi connectivity index (χ0) is 12.1. The maximum absolute atomic E-state index is 13.1. The molecule has 3 nitrogen and oxygen atoms in total. The molecule has 90 valence electrons. The molecule has 0 saturated carbocycles. The van der Waals surface area contributed by atoms with E-state index in [1.807, 2.05) is 0 Å². The van der Waals surface area contributed by atoms with E-state index >= 15 is 0 Å². The number of aliphatic hydroxyl groups excluding tert-OH is 2.